The molecule has 1 aliphatic rings. The van der Waals surface area contributed by atoms with Gasteiger partial charge in [0.15, 0.2) is 0 Å². The monoisotopic (exact) mass is 281 g/mol. The summed E-state index contributed by atoms with van der Waals surface area (Å²) in [4.78, 5) is 11.2. The molecule has 1 saturated carbocycles. The van der Waals surface area contributed by atoms with E-state index in [4.69, 9.17) is 16.3 Å². The van der Waals surface area contributed by atoms with Crippen LogP contribution in [0.4, 0.5) is 0 Å². The summed E-state index contributed by atoms with van der Waals surface area (Å²) in [7, 11) is 0. The van der Waals surface area contributed by atoms with Gasteiger partial charge in [0, 0.05) is 17.6 Å². The molecule has 3 nitrogen and oxygen atoms in total. The zero-order valence-electron chi connectivity index (χ0n) is 11.2. The maximum atomic E-state index is 11.2. The Bertz CT molecular complexity index is 430. The number of hydrogen-bond acceptors (Lipinski definition) is 3. The summed E-state index contributed by atoms with van der Waals surface area (Å²) in [5.74, 6) is 0.472. The highest BCUT2D eigenvalue weighted by atomic mass is 35.5. The van der Waals surface area contributed by atoms with Crippen LogP contribution in [0.5, 0.6) is 0 Å². The largest absolute Gasteiger partial charge is 0.466 e. The van der Waals surface area contributed by atoms with Gasteiger partial charge >= 0.3 is 5.97 Å². The van der Waals surface area contributed by atoms with E-state index in [9.17, 15) is 4.79 Å². The van der Waals surface area contributed by atoms with Gasteiger partial charge in [0.2, 0.25) is 0 Å². The Labute approximate surface area is 119 Å². The lowest BCUT2D eigenvalue weighted by atomic mass is 9.76. The van der Waals surface area contributed by atoms with Gasteiger partial charge in [-0.15, -0.1) is 0 Å². The van der Waals surface area contributed by atoms with Crippen molar-refractivity contribution in [2.45, 2.75) is 38.1 Å². The number of ether oxygens (including phenoxy) is 1. The van der Waals surface area contributed by atoms with E-state index in [0.717, 1.165) is 17.9 Å². The van der Waals surface area contributed by atoms with Crippen LogP contribution in [0.15, 0.2) is 24.3 Å². The van der Waals surface area contributed by atoms with Gasteiger partial charge in [-0.3, -0.25) is 4.79 Å². The summed E-state index contributed by atoms with van der Waals surface area (Å²) in [6.07, 6.45) is 2.68. The quantitative estimate of drug-likeness (QED) is 0.814. The molecule has 0 saturated heterocycles. The van der Waals surface area contributed by atoms with E-state index in [-0.39, 0.29) is 5.97 Å². The van der Waals surface area contributed by atoms with Crippen LogP contribution >= 0.6 is 11.6 Å². The van der Waals surface area contributed by atoms with Crippen molar-refractivity contribution in [1.29, 1.82) is 0 Å². The Morgan fingerprint density at radius 1 is 1.47 bits per heavy atom. The van der Waals surface area contributed by atoms with Gasteiger partial charge in [-0.05, 0) is 43.4 Å². The molecule has 19 heavy (non-hydrogen) atoms. The molecular formula is C15H20ClNO2. The summed E-state index contributed by atoms with van der Waals surface area (Å²) in [5.41, 5.74) is 1.32. The smallest absolute Gasteiger partial charge is 0.307 e. The third-order valence-electron chi connectivity index (χ3n) is 3.53. The van der Waals surface area contributed by atoms with Crippen LogP contribution in [-0.4, -0.2) is 25.2 Å². The molecule has 0 heterocycles. The zero-order valence-corrected chi connectivity index (χ0v) is 12.0. The first-order valence-electron chi connectivity index (χ1n) is 6.83. The molecule has 1 N–H and O–H groups in total. The summed E-state index contributed by atoms with van der Waals surface area (Å²) in [6.45, 7) is 2.98. The molecular weight excluding hydrogens is 262 g/mol. The van der Waals surface area contributed by atoms with E-state index < -0.39 is 0 Å². The predicted octanol–water partition coefficient (Wildman–Crippen LogP) is 3.13. The highest BCUT2D eigenvalue weighted by Gasteiger charge is 2.29. The topological polar surface area (TPSA) is 38.3 Å². The van der Waals surface area contributed by atoms with Crippen molar-refractivity contribution in [1.82, 2.24) is 5.32 Å². The Morgan fingerprint density at radius 2 is 2.26 bits per heavy atom. The molecule has 0 aromatic heterocycles. The normalized spacial score (nSPS) is 21.8. The summed E-state index contributed by atoms with van der Waals surface area (Å²) < 4.78 is 4.89. The number of rotatable bonds is 6. The predicted molar refractivity (Wildman–Crippen MR) is 76.5 cm³/mol. The lowest BCUT2D eigenvalue weighted by molar-refractivity contribution is -0.143. The van der Waals surface area contributed by atoms with Crippen molar-refractivity contribution in [2.75, 3.05) is 13.2 Å². The Morgan fingerprint density at radius 3 is 2.95 bits per heavy atom. The lowest BCUT2D eigenvalue weighted by Crippen LogP contribution is -2.41. The molecule has 0 unspecified atom stereocenters. The summed E-state index contributed by atoms with van der Waals surface area (Å²) in [6, 6.07) is 8.59. The summed E-state index contributed by atoms with van der Waals surface area (Å²) >= 11 is 5.99. The van der Waals surface area contributed by atoms with Crippen LogP contribution in [0.3, 0.4) is 0 Å². The van der Waals surface area contributed by atoms with Crippen molar-refractivity contribution in [2.24, 2.45) is 0 Å². The number of carbonyl (C=O) groups excluding carboxylic acids is 1. The van der Waals surface area contributed by atoms with Crippen LogP contribution in [0.1, 0.15) is 37.7 Å². The third kappa shape index (κ3) is 4.22. The van der Waals surface area contributed by atoms with Crippen LogP contribution in [0.2, 0.25) is 5.02 Å². The number of esters is 1. The number of carbonyl (C=O) groups is 1. The molecule has 1 fully saturated rings. The molecule has 0 atom stereocenters. The van der Waals surface area contributed by atoms with E-state index >= 15 is 0 Å². The van der Waals surface area contributed by atoms with E-state index in [1.807, 2.05) is 25.1 Å². The van der Waals surface area contributed by atoms with E-state index in [1.54, 1.807) is 0 Å². The average molecular weight is 282 g/mol. The average Bonchev–Trinajstić information content (AvgIpc) is 2.32. The second kappa shape index (κ2) is 6.92. The maximum Gasteiger partial charge on any atom is 0.307 e. The van der Waals surface area contributed by atoms with Gasteiger partial charge in [-0.1, -0.05) is 23.7 Å². The van der Waals surface area contributed by atoms with Crippen molar-refractivity contribution in [3.8, 4) is 0 Å². The molecule has 1 aromatic carbocycles. The minimum Gasteiger partial charge on any atom is -0.466 e. The number of halogens is 1. The van der Waals surface area contributed by atoms with E-state index in [1.165, 1.54) is 5.56 Å². The molecule has 0 bridgehead atoms. The minimum absolute atomic E-state index is 0.124. The van der Waals surface area contributed by atoms with Crippen molar-refractivity contribution in [3.63, 3.8) is 0 Å². The fourth-order valence-corrected chi connectivity index (χ4v) is 2.63. The third-order valence-corrected chi connectivity index (χ3v) is 3.76. The fourth-order valence-electron chi connectivity index (χ4n) is 2.43. The fraction of sp³-hybridized carbons (Fsp3) is 0.533. The summed E-state index contributed by atoms with van der Waals surface area (Å²) in [5, 5.41) is 4.19. The Hall–Kier alpha value is -1.06. The molecule has 1 aromatic rings. The number of nitrogens with one attached hydrogen (secondary N) is 1. The first-order chi connectivity index (χ1) is 9.19. The molecule has 0 radical (unpaired) electrons. The molecule has 0 amide bonds. The highest BCUT2D eigenvalue weighted by Crippen LogP contribution is 2.37. The molecule has 0 spiro atoms. The second-order valence-electron chi connectivity index (χ2n) is 4.93. The standard InChI is InChI=1S/C15H20ClNO2/c1-2-19-15(18)6-7-17-14-9-12(10-14)11-4-3-5-13(16)8-11/h3-5,8,12,14,17H,2,6-7,9-10H2,1H3. The number of hydrogen-bond donors (Lipinski definition) is 1. The number of benzene rings is 1. The maximum absolute atomic E-state index is 11.2. The lowest BCUT2D eigenvalue weighted by Gasteiger charge is -2.36. The highest BCUT2D eigenvalue weighted by molar-refractivity contribution is 6.30. The van der Waals surface area contributed by atoms with Crippen LogP contribution in [0, 0.1) is 0 Å². The minimum atomic E-state index is -0.124. The van der Waals surface area contributed by atoms with Gasteiger partial charge in [-0.25, -0.2) is 0 Å². The van der Waals surface area contributed by atoms with Crippen molar-refractivity contribution >= 4 is 17.6 Å². The van der Waals surface area contributed by atoms with Crippen LogP contribution in [-0.2, 0) is 9.53 Å². The van der Waals surface area contributed by atoms with Gasteiger partial charge < -0.3 is 10.1 Å². The van der Waals surface area contributed by atoms with E-state index in [0.29, 0.717) is 31.5 Å². The van der Waals surface area contributed by atoms with Crippen molar-refractivity contribution < 1.29 is 9.53 Å². The van der Waals surface area contributed by atoms with Crippen LogP contribution in [0.25, 0.3) is 0 Å². The van der Waals surface area contributed by atoms with Gasteiger partial charge in [-0.2, -0.15) is 0 Å². The zero-order chi connectivity index (χ0) is 13.7. The SMILES string of the molecule is CCOC(=O)CCNC1CC(c2cccc(Cl)c2)C1. The van der Waals surface area contributed by atoms with Gasteiger partial charge in [0.05, 0.1) is 13.0 Å². The molecule has 1 aliphatic carbocycles. The molecule has 0 aliphatic heterocycles. The Balaban J connectivity index is 1.65. The van der Waals surface area contributed by atoms with Crippen molar-refractivity contribution in [3.05, 3.63) is 34.9 Å². The second-order valence-corrected chi connectivity index (χ2v) is 5.37. The molecule has 2 rings (SSSR count). The van der Waals surface area contributed by atoms with E-state index in [2.05, 4.69) is 11.4 Å². The Kier molecular flexibility index (Phi) is 5.23. The molecule has 4 heteroatoms. The van der Waals surface area contributed by atoms with Gasteiger partial charge in [0.1, 0.15) is 0 Å². The molecule has 104 valence electrons. The van der Waals surface area contributed by atoms with Gasteiger partial charge in [0.25, 0.3) is 0 Å². The first kappa shape index (κ1) is 14.4. The van der Waals surface area contributed by atoms with Crippen LogP contribution < -0.4 is 5.32 Å². The first-order valence-corrected chi connectivity index (χ1v) is 7.21.